The molecule has 0 radical (unpaired) electrons. The Labute approximate surface area is 207 Å². The molecule has 2 unspecified atom stereocenters. The number of hydrogen-bond acceptors (Lipinski definition) is 5. The van der Waals surface area contributed by atoms with Crippen LogP contribution < -0.4 is 14.4 Å². The summed E-state index contributed by atoms with van der Waals surface area (Å²) in [7, 11) is 5.69. The Bertz CT molecular complexity index is 1120. The van der Waals surface area contributed by atoms with Crippen LogP contribution in [0.15, 0.2) is 72.8 Å². The van der Waals surface area contributed by atoms with E-state index in [4.69, 9.17) is 9.47 Å². The Hall–Kier alpha value is -3.51. The topological polar surface area (TPSA) is 62.2 Å². The molecule has 184 valence electrons. The van der Waals surface area contributed by atoms with Crippen LogP contribution in [0.3, 0.4) is 0 Å². The molecule has 0 amide bonds. The minimum atomic E-state index is -0.723. The van der Waals surface area contributed by atoms with Crippen molar-refractivity contribution in [3.05, 3.63) is 89.5 Å². The molecule has 1 aliphatic rings. The van der Waals surface area contributed by atoms with Crippen LogP contribution in [0.5, 0.6) is 11.5 Å². The van der Waals surface area contributed by atoms with Gasteiger partial charge < -0.3 is 19.5 Å². The Morgan fingerprint density at radius 1 is 1.03 bits per heavy atom. The fourth-order valence-electron chi connectivity index (χ4n) is 4.72. The molecule has 0 aromatic heterocycles. The summed E-state index contributed by atoms with van der Waals surface area (Å²) < 4.78 is 11.8. The van der Waals surface area contributed by atoms with Gasteiger partial charge in [0, 0.05) is 26.3 Å². The van der Waals surface area contributed by atoms with E-state index in [9.17, 15) is 9.90 Å². The Morgan fingerprint density at radius 2 is 1.74 bits per heavy atom. The van der Waals surface area contributed by atoms with E-state index in [1.165, 1.54) is 0 Å². The minimum Gasteiger partial charge on any atom is -0.493 e. The predicted molar refractivity (Wildman–Crippen MR) is 138 cm³/mol. The number of carboxylic acid groups (broad SMARTS) is 1. The summed E-state index contributed by atoms with van der Waals surface area (Å²) in [6, 6.07) is 24.5. The van der Waals surface area contributed by atoms with Gasteiger partial charge in [-0.15, -0.1) is 0 Å². The Kier molecular flexibility index (Phi) is 7.93. The van der Waals surface area contributed by atoms with E-state index in [1.807, 2.05) is 56.6 Å². The highest BCUT2D eigenvalue weighted by atomic mass is 16.5. The van der Waals surface area contributed by atoms with Crippen molar-refractivity contribution in [3.63, 3.8) is 0 Å². The predicted octanol–water partition coefficient (Wildman–Crippen LogP) is 5.23. The molecule has 3 aromatic rings. The van der Waals surface area contributed by atoms with Crippen LogP contribution in [0.25, 0.3) is 0 Å². The van der Waals surface area contributed by atoms with Crippen LogP contribution in [0.2, 0.25) is 0 Å². The number of carboxylic acids is 1. The van der Waals surface area contributed by atoms with Crippen molar-refractivity contribution < 1.29 is 19.4 Å². The van der Waals surface area contributed by atoms with E-state index in [-0.39, 0.29) is 12.0 Å². The van der Waals surface area contributed by atoms with Gasteiger partial charge in [0.05, 0.1) is 19.1 Å². The molecule has 0 bridgehead atoms. The van der Waals surface area contributed by atoms with Gasteiger partial charge >= 0.3 is 5.97 Å². The number of carbonyl (C=O) groups is 1. The summed E-state index contributed by atoms with van der Waals surface area (Å²) in [4.78, 5) is 16.1. The molecule has 1 fully saturated rings. The highest BCUT2D eigenvalue weighted by Gasteiger charge is 2.31. The molecule has 0 aliphatic carbocycles. The lowest BCUT2D eigenvalue weighted by molar-refractivity contribution is -0.143. The fourth-order valence-corrected chi connectivity index (χ4v) is 4.72. The average molecular weight is 475 g/mol. The summed E-state index contributed by atoms with van der Waals surface area (Å²) in [5.41, 5.74) is 4.39. The van der Waals surface area contributed by atoms with Crippen molar-refractivity contribution in [2.45, 2.75) is 25.5 Å². The smallest absolute Gasteiger partial charge is 0.307 e. The molecule has 1 N–H and O–H groups in total. The number of methoxy groups -OCH3 is 1. The van der Waals surface area contributed by atoms with Gasteiger partial charge in [0.2, 0.25) is 0 Å². The molecule has 1 heterocycles. The minimum absolute atomic E-state index is 0.0783. The number of rotatable bonds is 9. The molecule has 1 aliphatic heterocycles. The van der Waals surface area contributed by atoms with Crippen molar-refractivity contribution in [2.75, 3.05) is 39.2 Å². The van der Waals surface area contributed by atoms with Crippen LogP contribution in [0.4, 0.5) is 5.69 Å². The van der Waals surface area contributed by atoms with E-state index in [1.54, 1.807) is 7.11 Å². The quantitative estimate of drug-likeness (QED) is 0.458. The van der Waals surface area contributed by atoms with E-state index in [2.05, 4.69) is 40.1 Å². The van der Waals surface area contributed by atoms with Gasteiger partial charge in [-0.25, -0.2) is 0 Å². The molecule has 3 aromatic carbocycles. The molecule has 2 atom stereocenters. The number of piperidine rings is 1. The number of hydrogen-bond donors (Lipinski definition) is 1. The van der Waals surface area contributed by atoms with Crippen molar-refractivity contribution in [2.24, 2.45) is 5.92 Å². The third kappa shape index (κ3) is 5.95. The number of nitrogens with zero attached hydrogens (tertiary/aromatic N) is 2. The molecule has 6 nitrogen and oxygen atoms in total. The number of benzene rings is 3. The summed E-state index contributed by atoms with van der Waals surface area (Å²) in [5, 5.41) is 9.68. The number of ether oxygens (including phenoxy) is 2. The van der Waals surface area contributed by atoms with Crippen molar-refractivity contribution >= 4 is 11.7 Å². The van der Waals surface area contributed by atoms with Crippen LogP contribution >= 0.6 is 0 Å². The highest BCUT2D eigenvalue weighted by Crippen LogP contribution is 2.38. The summed E-state index contributed by atoms with van der Waals surface area (Å²) in [5.74, 6) is 0.269. The molecule has 4 rings (SSSR count). The van der Waals surface area contributed by atoms with Crippen molar-refractivity contribution in [1.29, 1.82) is 0 Å². The first-order valence-electron chi connectivity index (χ1n) is 12.0. The van der Waals surface area contributed by atoms with Crippen LogP contribution in [-0.4, -0.2) is 50.3 Å². The molecule has 1 saturated heterocycles. The van der Waals surface area contributed by atoms with Gasteiger partial charge in [-0.2, -0.15) is 0 Å². The average Bonchev–Trinajstić information content (AvgIpc) is 2.89. The second-order valence-corrected chi connectivity index (χ2v) is 9.25. The van der Waals surface area contributed by atoms with E-state index in [0.29, 0.717) is 31.1 Å². The van der Waals surface area contributed by atoms with Crippen molar-refractivity contribution in [1.82, 2.24) is 4.90 Å². The maximum Gasteiger partial charge on any atom is 0.307 e. The molecule has 35 heavy (non-hydrogen) atoms. The summed E-state index contributed by atoms with van der Waals surface area (Å²) in [6.07, 6.45) is 1.58. The molecular formula is C29H34N2O4. The second-order valence-electron chi connectivity index (χ2n) is 9.25. The van der Waals surface area contributed by atoms with Crippen LogP contribution in [-0.2, 0) is 11.4 Å². The molecular weight excluding hydrogens is 440 g/mol. The first kappa shape index (κ1) is 24.6. The normalized spacial score (nSPS) is 16.9. The first-order chi connectivity index (χ1) is 17.0. The van der Waals surface area contributed by atoms with Gasteiger partial charge in [0.15, 0.2) is 11.5 Å². The van der Waals surface area contributed by atoms with E-state index < -0.39 is 5.97 Å². The van der Waals surface area contributed by atoms with E-state index >= 15 is 0 Å². The van der Waals surface area contributed by atoms with Gasteiger partial charge in [-0.1, -0.05) is 48.5 Å². The zero-order valence-electron chi connectivity index (χ0n) is 20.7. The van der Waals surface area contributed by atoms with Gasteiger partial charge in [0.1, 0.15) is 6.61 Å². The zero-order chi connectivity index (χ0) is 24.8. The molecule has 0 saturated carbocycles. The first-order valence-corrected chi connectivity index (χ1v) is 12.0. The fraction of sp³-hybridized carbons (Fsp3) is 0.345. The number of anilines is 1. The largest absolute Gasteiger partial charge is 0.493 e. The highest BCUT2D eigenvalue weighted by molar-refractivity contribution is 5.70. The lowest BCUT2D eigenvalue weighted by Gasteiger charge is -2.38. The maximum absolute atomic E-state index is 11.8. The van der Waals surface area contributed by atoms with Crippen LogP contribution in [0.1, 0.15) is 35.6 Å². The van der Waals surface area contributed by atoms with Gasteiger partial charge in [-0.05, 0) is 60.3 Å². The van der Waals surface area contributed by atoms with Crippen LogP contribution in [0, 0.1) is 5.92 Å². The third-order valence-electron chi connectivity index (χ3n) is 6.63. The lowest BCUT2D eigenvalue weighted by Crippen LogP contribution is -2.41. The van der Waals surface area contributed by atoms with Crippen molar-refractivity contribution in [3.8, 4) is 11.5 Å². The number of aliphatic carboxylic acids is 1. The summed E-state index contributed by atoms with van der Waals surface area (Å²) >= 11 is 0. The SMILES string of the molecule is COc1cc(C(c2ccc(N(C)C)cc2)N2CCCC(C(=O)O)C2)ccc1OCc1ccccc1. The van der Waals surface area contributed by atoms with Gasteiger partial charge in [-0.3, -0.25) is 9.69 Å². The standard InChI is InChI=1S/C29H34N2O4/c1-30(2)25-14-11-22(12-15-25)28(31-17-7-10-24(19-31)29(32)33)23-13-16-26(27(18-23)34-3)35-20-21-8-5-4-6-9-21/h4-6,8-9,11-16,18,24,28H,7,10,17,19-20H2,1-3H3,(H,32,33). The lowest BCUT2D eigenvalue weighted by atomic mass is 9.91. The number of likely N-dealkylation sites (tertiary alicyclic amines) is 1. The van der Waals surface area contributed by atoms with Gasteiger partial charge in [0.25, 0.3) is 0 Å². The molecule has 0 spiro atoms. The molecule has 6 heteroatoms. The summed E-state index contributed by atoms with van der Waals surface area (Å²) in [6.45, 7) is 1.82. The Balaban J connectivity index is 1.66. The maximum atomic E-state index is 11.8. The third-order valence-corrected chi connectivity index (χ3v) is 6.63. The zero-order valence-corrected chi connectivity index (χ0v) is 20.7. The van der Waals surface area contributed by atoms with E-state index in [0.717, 1.165) is 35.3 Å². The second kappa shape index (κ2) is 11.3. The Morgan fingerprint density at radius 3 is 2.40 bits per heavy atom. The monoisotopic (exact) mass is 474 g/mol.